The zero-order valence-electron chi connectivity index (χ0n) is 7.72. The third kappa shape index (κ3) is 1.01. The minimum atomic E-state index is 0.917. The lowest BCUT2D eigenvalue weighted by molar-refractivity contribution is 1.10. The van der Waals surface area contributed by atoms with Crippen molar-refractivity contribution in [2.45, 2.75) is 0 Å². The second-order valence-electron chi connectivity index (χ2n) is 3.37. The van der Waals surface area contributed by atoms with Crippen molar-refractivity contribution >= 4 is 17.6 Å². The van der Waals surface area contributed by atoms with Crippen LogP contribution in [0.1, 0.15) is 5.56 Å². The van der Waals surface area contributed by atoms with E-state index in [0.29, 0.717) is 0 Å². The molecular formula is C12H10N2. The van der Waals surface area contributed by atoms with Crippen LogP contribution in [0.5, 0.6) is 0 Å². The van der Waals surface area contributed by atoms with Gasteiger partial charge in [-0.2, -0.15) is 0 Å². The Morgan fingerprint density at radius 1 is 1.14 bits per heavy atom. The Bertz CT molecular complexity index is 455. The molecule has 2 nitrogen and oxygen atoms in total. The molecule has 0 unspecified atom stereocenters. The Hall–Kier alpha value is -1.83. The molecule has 0 aromatic heterocycles. The molecule has 0 saturated carbocycles. The predicted octanol–water partition coefficient (Wildman–Crippen LogP) is 2.45. The van der Waals surface area contributed by atoms with Crippen LogP contribution in [-0.4, -0.2) is 12.4 Å². The second-order valence-corrected chi connectivity index (χ2v) is 3.37. The highest BCUT2D eigenvalue weighted by molar-refractivity contribution is 6.12. The number of fused-ring (bicyclic) bond motifs is 3. The molecule has 1 aromatic rings. The van der Waals surface area contributed by atoms with Gasteiger partial charge in [0.05, 0.1) is 0 Å². The van der Waals surface area contributed by atoms with Gasteiger partial charge in [0, 0.05) is 18.4 Å². The average Bonchev–Trinajstić information content (AvgIpc) is 2.29. The van der Waals surface area contributed by atoms with Crippen molar-refractivity contribution in [3.63, 3.8) is 0 Å². The summed E-state index contributed by atoms with van der Waals surface area (Å²) in [7, 11) is 0. The lowest BCUT2D eigenvalue weighted by Gasteiger charge is -2.29. The van der Waals surface area contributed by atoms with Gasteiger partial charge in [-0.1, -0.05) is 18.2 Å². The first kappa shape index (κ1) is 7.56. The molecule has 0 N–H and O–H groups in total. The fraction of sp³-hybridized carbons (Fsp3) is 0.0833. The van der Waals surface area contributed by atoms with Crippen LogP contribution in [0, 0.1) is 0 Å². The zero-order valence-corrected chi connectivity index (χ0v) is 7.72. The third-order valence-electron chi connectivity index (χ3n) is 2.52. The summed E-state index contributed by atoms with van der Waals surface area (Å²) in [6, 6.07) is 8.38. The summed E-state index contributed by atoms with van der Waals surface area (Å²) in [5.74, 6) is 1.03. The van der Waals surface area contributed by atoms with Crippen LogP contribution in [0.3, 0.4) is 0 Å². The Kier molecular flexibility index (Phi) is 1.53. The molecule has 0 amide bonds. The number of hydrogen-bond acceptors (Lipinski definition) is 2. The van der Waals surface area contributed by atoms with E-state index in [1.165, 1.54) is 11.3 Å². The zero-order chi connectivity index (χ0) is 9.38. The van der Waals surface area contributed by atoms with E-state index in [2.05, 4.69) is 52.4 Å². The van der Waals surface area contributed by atoms with Gasteiger partial charge in [0.1, 0.15) is 5.84 Å². The summed E-state index contributed by atoms with van der Waals surface area (Å²) in [6.45, 7) is 0.917. The Morgan fingerprint density at radius 3 is 3.07 bits per heavy atom. The molecule has 0 saturated heterocycles. The predicted molar refractivity (Wildman–Crippen MR) is 59.4 cm³/mol. The van der Waals surface area contributed by atoms with E-state index in [0.717, 1.165) is 12.4 Å². The van der Waals surface area contributed by atoms with Gasteiger partial charge in [-0.3, -0.25) is 0 Å². The highest BCUT2D eigenvalue weighted by atomic mass is 15.2. The largest absolute Gasteiger partial charge is 0.322 e. The summed E-state index contributed by atoms with van der Waals surface area (Å²) in [4.78, 5) is 6.54. The molecule has 68 valence electrons. The van der Waals surface area contributed by atoms with Gasteiger partial charge in [0.25, 0.3) is 0 Å². The number of rotatable bonds is 0. The highest BCUT2D eigenvalue weighted by Gasteiger charge is 2.17. The molecule has 2 aliphatic heterocycles. The number of anilines is 1. The van der Waals surface area contributed by atoms with Crippen molar-refractivity contribution in [2.24, 2.45) is 4.99 Å². The minimum absolute atomic E-state index is 0.917. The highest BCUT2D eigenvalue weighted by Crippen LogP contribution is 2.27. The maximum absolute atomic E-state index is 4.33. The average molecular weight is 182 g/mol. The lowest BCUT2D eigenvalue weighted by atomic mass is 10.1. The van der Waals surface area contributed by atoms with Crippen LogP contribution in [0.15, 0.2) is 47.6 Å². The first-order chi connectivity index (χ1) is 6.95. The van der Waals surface area contributed by atoms with Gasteiger partial charge >= 0.3 is 0 Å². The van der Waals surface area contributed by atoms with Crippen molar-refractivity contribution in [2.75, 3.05) is 11.4 Å². The van der Waals surface area contributed by atoms with E-state index in [-0.39, 0.29) is 0 Å². The standard InChI is InChI=1S/C12H10N2/c1-2-5-11-10(4-1)6-7-12-13-8-3-9-14(11)12/h1-8H,9H2. The van der Waals surface area contributed by atoms with E-state index < -0.39 is 0 Å². The Morgan fingerprint density at radius 2 is 2.07 bits per heavy atom. The Balaban J connectivity index is 2.18. The van der Waals surface area contributed by atoms with Crippen molar-refractivity contribution in [1.29, 1.82) is 0 Å². The normalized spacial score (nSPS) is 17.4. The summed E-state index contributed by atoms with van der Waals surface area (Å²) < 4.78 is 0. The summed E-state index contributed by atoms with van der Waals surface area (Å²) >= 11 is 0. The topological polar surface area (TPSA) is 15.6 Å². The quantitative estimate of drug-likeness (QED) is 0.601. The van der Waals surface area contributed by atoms with Crippen LogP contribution in [0.4, 0.5) is 5.69 Å². The number of hydrogen-bond donors (Lipinski definition) is 0. The van der Waals surface area contributed by atoms with E-state index in [1.54, 1.807) is 0 Å². The van der Waals surface area contributed by atoms with Crippen LogP contribution >= 0.6 is 0 Å². The minimum Gasteiger partial charge on any atom is -0.322 e. The molecular weight excluding hydrogens is 172 g/mol. The first-order valence-electron chi connectivity index (χ1n) is 4.72. The van der Waals surface area contributed by atoms with Crippen molar-refractivity contribution in [3.8, 4) is 0 Å². The molecule has 0 spiro atoms. The maximum atomic E-state index is 4.33. The van der Waals surface area contributed by atoms with Crippen LogP contribution < -0.4 is 4.90 Å². The SMILES string of the molecule is C1=CN=C2C=Cc3ccccc3N2C1. The molecule has 14 heavy (non-hydrogen) atoms. The molecule has 0 aliphatic carbocycles. The summed E-state index contributed by atoms with van der Waals surface area (Å²) in [5.41, 5.74) is 2.51. The van der Waals surface area contributed by atoms with E-state index >= 15 is 0 Å². The summed E-state index contributed by atoms with van der Waals surface area (Å²) in [6.07, 6.45) is 8.11. The van der Waals surface area contributed by atoms with E-state index in [1.807, 2.05) is 6.20 Å². The lowest BCUT2D eigenvalue weighted by Crippen LogP contribution is -2.33. The fourth-order valence-corrected chi connectivity index (χ4v) is 1.84. The van der Waals surface area contributed by atoms with Crippen molar-refractivity contribution in [3.05, 3.63) is 48.2 Å². The van der Waals surface area contributed by atoms with E-state index in [4.69, 9.17) is 0 Å². The van der Waals surface area contributed by atoms with Gasteiger partial charge in [0.15, 0.2) is 0 Å². The molecule has 3 rings (SSSR count). The van der Waals surface area contributed by atoms with Crippen LogP contribution in [-0.2, 0) is 0 Å². The molecule has 0 radical (unpaired) electrons. The van der Waals surface area contributed by atoms with Gasteiger partial charge in [-0.25, -0.2) is 4.99 Å². The molecule has 0 atom stereocenters. The smallest absolute Gasteiger partial charge is 0.133 e. The van der Waals surface area contributed by atoms with Gasteiger partial charge in [-0.05, 0) is 29.9 Å². The molecule has 0 bridgehead atoms. The third-order valence-corrected chi connectivity index (χ3v) is 2.52. The number of amidine groups is 1. The number of para-hydroxylation sites is 1. The number of nitrogens with zero attached hydrogens (tertiary/aromatic N) is 2. The van der Waals surface area contributed by atoms with Crippen LogP contribution in [0.25, 0.3) is 6.08 Å². The van der Waals surface area contributed by atoms with Gasteiger partial charge in [0.2, 0.25) is 0 Å². The van der Waals surface area contributed by atoms with Crippen molar-refractivity contribution in [1.82, 2.24) is 0 Å². The molecule has 2 aliphatic rings. The van der Waals surface area contributed by atoms with E-state index in [9.17, 15) is 0 Å². The van der Waals surface area contributed by atoms with Crippen LogP contribution in [0.2, 0.25) is 0 Å². The van der Waals surface area contributed by atoms with Gasteiger partial charge < -0.3 is 4.90 Å². The number of benzene rings is 1. The van der Waals surface area contributed by atoms with Gasteiger partial charge in [-0.15, -0.1) is 0 Å². The monoisotopic (exact) mass is 182 g/mol. The molecule has 1 aromatic carbocycles. The first-order valence-corrected chi connectivity index (χ1v) is 4.72. The maximum Gasteiger partial charge on any atom is 0.133 e. The summed E-state index contributed by atoms with van der Waals surface area (Å²) in [5, 5.41) is 0. The fourth-order valence-electron chi connectivity index (χ4n) is 1.84. The molecule has 2 heterocycles. The molecule has 0 fully saturated rings. The Labute approximate surface area is 82.9 Å². The second kappa shape index (κ2) is 2.84. The van der Waals surface area contributed by atoms with Crippen molar-refractivity contribution < 1.29 is 0 Å². The number of aliphatic imine (C=N–C) groups is 1. The molecule has 2 heteroatoms.